The number of imide groups is 1. The summed E-state index contributed by atoms with van der Waals surface area (Å²) in [6.45, 7) is 14.1. The minimum Gasteiger partial charge on any atom is -0.497 e. The van der Waals surface area contributed by atoms with Gasteiger partial charge in [-0.05, 0) is 75.8 Å². The molecule has 40 heavy (non-hydrogen) atoms. The Bertz CT molecular complexity index is 1120. The second-order valence-corrected chi connectivity index (χ2v) is 17.3. The molecule has 0 radical (unpaired) electrons. The Hall–Kier alpha value is -2.25. The first-order chi connectivity index (χ1) is 18.9. The largest absolute Gasteiger partial charge is 0.497 e. The van der Waals surface area contributed by atoms with Crippen LogP contribution in [0.5, 0.6) is 5.75 Å². The number of hydrogen-bond acceptors (Lipinski definition) is 5. The fourth-order valence-electron chi connectivity index (χ4n) is 4.49. The number of carbonyl (C=O) groups is 2. The van der Waals surface area contributed by atoms with Crippen molar-refractivity contribution in [3.05, 3.63) is 59.7 Å². The fourth-order valence-corrected chi connectivity index (χ4v) is 5.85. The van der Waals surface area contributed by atoms with Crippen LogP contribution in [0.3, 0.4) is 0 Å². The highest BCUT2D eigenvalue weighted by Crippen LogP contribution is 2.37. The van der Waals surface area contributed by atoms with Crippen LogP contribution >= 0.6 is 9.39 Å². The van der Waals surface area contributed by atoms with Gasteiger partial charge in [-0.25, -0.2) is 9.46 Å². The van der Waals surface area contributed by atoms with Gasteiger partial charge in [-0.1, -0.05) is 71.2 Å². The van der Waals surface area contributed by atoms with Crippen LogP contribution in [0.25, 0.3) is 0 Å². The SMILES string of the molecule is CCCCCC(OCc1ccc(OC)cc1)c1ccc(N2C(=O)N(P)C(=O)C2CCO[Si](C)(C)C(C)(C)C)cc1. The number of anilines is 1. The molecular weight excluding hydrogens is 539 g/mol. The van der Waals surface area contributed by atoms with E-state index in [2.05, 4.69) is 50.2 Å². The Morgan fingerprint density at radius 2 is 1.65 bits per heavy atom. The van der Waals surface area contributed by atoms with Crippen molar-refractivity contribution >= 4 is 35.3 Å². The van der Waals surface area contributed by atoms with Gasteiger partial charge in [0.2, 0.25) is 0 Å². The molecule has 1 fully saturated rings. The fraction of sp³-hybridized carbons (Fsp3) is 0.548. The number of rotatable bonds is 14. The first-order valence-corrected chi connectivity index (χ1v) is 17.7. The second kappa shape index (κ2) is 14.1. The molecule has 0 spiro atoms. The van der Waals surface area contributed by atoms with Gasteiger partial charge >= 0.3 is 6.03 Å². The number of benzene rings is 2. The third kappa shape index (κ3) is 7.94. The maximum Gasteiger partial charge on any atom is 0.334 e. The van der Waals surface area contributed by atoms with Gasteiger partial charge in [0, 0.05) is 12.3 Å². The molecule has 3 amide bonds. The molecule has 220 valence electrons. The van der Waals surface area contributed by atoms with Crippen LogP contribution < -0.4 is 9.64 Å². The van der Waals surface area contributed by atoms with E-state index in [1.807, 2.05) is 48.5 Å². The highest BCUT2D eigenvalue weighted by Gasteiger charge is 2.44. The lowest BCUT2D eigenvalue weighted by Gasteiger charge is -2.36. The maximum atomic E-state index is 13.1. The molecule has 0 bridgehead atoms. The van der Waals surface area contributed by atoms with Crippen LogP contribution in [0.1, 0.15) is 77.0 Å². The lowest BCUT2D eigenvalue weighted by molar-refractivity contribution is -0.123. The number of methoxy groups -OCH3 is 1. The minimum atomic E-state index is -1.96. The van der Waals surface area contributed by atoms with E-state index in [1.54, 1.807) is 12.0 Å². The van der Waals surface area contributed by atoms with Crippen LogP contribution in [-0.2, 0) is 20.6 Å². The number of nitrogens with zero attached hydrogens (tertiary/aromatic N) is 2. The van der Waals surface area contributed by atoms with E-state index in [0.29, 0.717) is 25.3 Å². The predicted octanol–water partition coefficient (Wildman–Crippen LogP) is 7.87. The number of unbranched alkanes of at least 4 members (excludes halogenated alkanes) is 2. The minimum absolute atomic E-state index is 0.0642. The predicted molar refractivity (Wildman–Crippen MR) is 167 cm³/mol. The lowest BCUT2D eigenvalue weighted by atomic mass is 10.0. The van der Waals surface area contributed by atoms with Gasteiger partial charge in [-0.2, -0.15) is 0 Å². The monoisotopic (exact) mass is 586 g/mol. The van der Waals surface area contributed by atoms with E-state index in [0.717, 1.165) is 47.2 Å². The highest BCUT2D eigenvalue weighted by molar-refractivity contribution is 7.16. The molecule has 0 aliphatic carbocycles. The van der Waals surface area contributed by atoms with E-state index in [1.165, 1.54) is 0 Å². The quantitative estimate of drug-likeness (QED) is 0.0975. The summed E-state index contributed by atoms with van der Waals surface area (Å²) in [6.07, 6.45) is 4.66. The summed E-state index contributed by atoms with van der Waals surface area (Å²) in [5, 5.41) is 0.0772. The van der Waals surface area contributed by atoms with E-state index < -0.39 is 14.4 Å². The van der Waals surface area contributed by atoms with Crippen molar-refractivity contribution in [3.8, 4) is 5.75 Å². The van der Waals surface area contributed by atoms with Crippen molar-refractivity contribution in [1.29, 1.82) is 0 Å². The first-order valence-electron chi connectivity index (χ1n) is 14.3. The molecule has 3 atom stereocenters. The van der Waals surface area contributed by atoms with Crippen molar-refractivity contribution in [2.45, 2.75) is 96.7 Å². The zero-order valence-electron chi connectivity index (χ0n) is 25.2. The summed E-state index contributed by atoms with van der Waals surface area (Å²) in [5.74, 6) is 0.598. The van der Waals surface area contributed by atoms with Gasteiger partial charge < -0.3 is 13.9 Å². The van der Waals surface area contributed by atoms with Crippen molar-refractivity contribution in [2.24, 2.45) is 0 Å². The molecular formula is C31H47N2O5PSi. The zero-order valence-corrected chi connectivity index (χ0v) is 27.4. The Morgan fingerprint density at radius 3 is 2.23 bits per heavy atom. The molecule has 0 N–H and O–H groups in total. The van der Waals surface area contributed by atoms with E-state index in [9.17, 15) is 9.59 Å². The first kappa shape index (κ1) is 32.3. The highest BCUT2D eigenvalue weighted by atomic mass is 31.0. The van der Waals surface area contributed by atoms with Crippen molar-refractivity contribution < 1.29 is 23.5 Å². The molecule has 1 aliphatic rings. The van der Waals surface area contributed by atoms with Crippen LogP contribution in [0.4, 0.5) is 10.5 Å². The molecule has 3 rings (SSSR count). The zero-order chi connectivity index (χ0) is 29.5. The summed E-state index contributed by atoms with van der Waals surface area (Å²) < 4.78 is 19.1. The Morgan fingerprint density at radius 1 is 1.00 bits per heavy atom. The number of carbonyl (C=O) groups excluding carboxylic acids is 2. The van der Waals surface area contributed by atoms with Crippen LogP contribution in [0.2, 0.25) is 18.1 Å². The summed E-state index contributed by atoms with van der Waals surface area (Å²) in [7, 11) is 1.97. The van der Waals surface area contributed by atoms with Gasteiger partial charge in [0.05, 0.1) is 19.8 Å². The lowest BCUT2D eigenvalue weighted by Crippen LogP contribution is -2.42. The van der Waals surface area contributed by atoms with Crippen LogP contribution in [0.15, 0.2) is 48.5 Å². The molecule has 1 saturated heterocycles. The van der Waals surface area contributed by atoms with Gasteiger partial charge in [0.25, 0.3) is 5.91 Å². The topological polar surface area (TPSA) is 68.3 Å². The smallest absolute Gasteiger partial charge is 0.334 e. The molecule has 0 aromatic heterocycles. The van der Waals surface area contributed by atoms with Crippen LogP contribution in [-0.4, -0.2) is 44.7 Å². The summed E-state index contributed by atoms with van der Waals surface area (Å²) in [6, 6.07) is 14.9. The van der Waals surface area contributed by atoms with Crippen molar-refractivity contribution in [1.82, 2.24) is 4.67 Å². The van der Waals surface area contributed by atoms with Gasteiger partial charge in [-0.3, -0.25) is 9.69 Å². The number of urea groups is 1. The normalized spacial score (nSPS) is 17.1. The number of ether oxygens (including phenoxy) is 2. The van der Waals surface area contributed by atoms with Crippen molar-refractivity contribution in [2.75, 3.05) is 18.6 Å². The Balaban J connectivity index is 1.74. The van der Waals surface area contributed by atoms with Gasteiger partial charge in [0.15, 0.2) is 8.32 Å². The van der Waals surface area contributed by atoms with Crippen LogP contribution in [0, 0.1) is 0 Å². The van der Waals surface area contributed by atoms with Crippen molar-refractivity contribution in [3.63, 3.8) is 0 Å². The third-order valence-corrected chi connectivity index (χ3v) is 13.1. The maximum absolute atomic E-state index is 13.1. The summed E-state index contributed by atoms with van der Waals surface area (Å²) in [5.41, 5.74) is 2.85. The molecule has 2 aromatic carbocycles. The summed E-state index contributed by atoms with van der Waals surface area (Å²) >= 11 is 0. The summed E-state index contributed by atoms with van der Waals surface area (Å²) in [4.78, 5) is 27.7. The Labute approximate surface area is 243 Å². The standard InChI is InChI=1S/C31H47N2O5PSi/c1-8-9-10-11-28(37-22-23-12-18-26(36-5)19-13-23)24-14-16-25(17-15-24)32-27(29(34)33(39)30(32)35)20-21-38-40(6,7)31(2,3)4/h12-19,27-28H,8-11,20-22,39H2,1-7H3. The Kier molecular flexibility index (Phi) is 11.4. The molecule has 2 aromatic rings. The van der Waals surface area contributed by atoms with E-state index in [-0.39, 0.29) is 23.1 Å². The molecule has 9 heteroatoms. The number of amides is 3. The average molecular weight is 587 g/mol. The molecule has 1 aliphatic heterocycles. The molecule has 1 heterocycles. The van der Waals surface area contributed by atoms with E-state index in [4.69, 9.17) is 13.9 Å². The van der Waals surface area contributed by atoms with Gasteiger partial charge in [0.1, 0.15) is 11.8 Å². The molecule has 0 saturated carbocycles. The van der Waals surface area contributed by atoms with Gasteiger partial charge in [-0.15, -0.1) is 0 Å². The number of hydrogen-bond donors (Lipinski definition) is 0. The third-order valence-electron chi connectivity index (χ3n) is 8.13. The van der Waals surface area contributed by atoms with E-state index >= 15 is 0 Å². The average Bonchev–Trinajstić information content (AvgIpc) is 3.13. The second-order valence-electron chi connectivity index (χ2n) is 12.0. The molecule has 7 nitrogen and oxygen atoms in total. The molecule has 3 unspecified atom stereocenters.